The van der Waals surface area contributed by atoms with Crippen molar-refractivity contribution in [1.29, 1.82) is 0 Å². The lowest BCUT2D eigenvalue weighted by Crippen LogP contribution is -2.25. The van der Waals surface area contributed by atoms with Gasteiger partial charge in [0.1, 0.15) is 0 Å². The van der Waals surface area contributed by atoms with Crippen LogP contribution in [0.1, 0.15) is 54.8 Å². The van der Waals surface area contributed by atoms with Gasteiger partial charge in [0.2, 0.25) is 5.91 Å². The smallest absolute Gasteiger partial charge is 0.324 e. The van der Waals surface area contributed by atoms with Gasteiger partial charge in [-0.2, -0.15) is 13.2 Å². The number of anilines is 1. The molecule has 0 saturated carbocycles. The minimum Gasteiger partial charge on any atom is -0.324 e. The fourth-order valence-electron chi connectivity index (χ4n) is 4.71. The summed E-state index contributed by atoms with van der Waals surface area (Å²) in [6.45, 7) is 7.14. The van der Waals surface area contributed by atoms with Gasteiger partial charge in [0, 0.05) is 23.7 Å². The Bertz CT molecular complexity index is 1280. The SMILES string of the molecule is CCS(=O)c1ccc(CC(=O)Nc2cnc3c(c2)CN(Cc2ccc(C(F)(F)F)cc2)C3C(C)C)cc1. The van der Waals surface area contributed by atoms with Crippen molar-refractivity contribution >= 4 is 22.4 Å². The summed E-state index contributed by atoms with van der Waals surface area (Å²) in [5.41, 5.74) is 3.50. The van der Waals surface area contributed by atoms with Crippen LogP contribution in [0.3, 0.4) is 0 Å². The van der Waals surface area contributed by atoms with E-state index in [9.17, 15) is 22.2 Å². The fourth-order valence-corrected chi connectivity index (χ4v) is 5.49. The van der Waals surface area contributed by atoms with Crippen LogP contribution in [0.15, 0.2) is 65.7 Å². The fraction of sp³-hybridized carbons (Fsp3) is 0.357. The lowest BCUT2D eigenvalue weighted by atomic mass is 9.99. The molecule has 5 nitrogen and oxygen atoms in total. The number of fused-ring (bicyclic) bond motifs is 1. The zero-order chi connectivity index (χ0) is 26.7. The molecule has 1 aliphatic rings. The van der Waals surface area contributed by atoms with Crippen molar-refractivity contribution in [2.75, 3.05) is 11.1 Å². The maximum Gasteiger partial charge on any atom is 0.416 e. The number of carbonyl (C=O) groups excluding carboxylic acids is 1. The van der Waals surface area contributed by atoms with E-state index < -0.39 is 22.5 Å². The second-order valence-corrected chi connectivity index (χ2v) is 11.3. The predicted molar refractivity (Wildman–Crippen MR) is 138 cm³/mol. The van der Waals surface area contributed by atoms with E-state index in [0.717, 1.165) is 39.4 Å². The number of benzene rings is 2. The first kappa shape index (κ1) is 27.0. The van der Waals surface area contributed by atoms with Crippen LogP contribution < -0.4 is 5.32 Å². The number of rotatable bonds is 8. The number of halogens is 3. The third-order valence-corrected chi connectivity index (χ3v) is 7.77. The Balaban J connectivity index is 1.43. The number of nitrogens with one attached hydrogen (secondary N) is 1. The molecular formula is C28H30F3N3O2S. The molecule has 2 atom stereocenters. The maximum atomic E-state index is 12.9. The lowest BCUT2D eigenvalue weighted by molar-refractivity contribution is -0.137. The van der Waals surface area contributed by atoms with Crippen LogP contribution in [-0.4, -0.2) is 25.8 Å². The summed E-state index contributed by atoms with van der Waals surface area (Å²) in [6, 6.07) is 14.4. The average Bonchev–Trinajstić information content (AvgIpc) is 3.21. The van der Waals surface area contributed by atoms with Gasteiger partial charge in [0.05, 0.1) is 46.4 Å². The van der Waals surface area contributed by atoms with Crippen LogP contribution >= 0.6 is 0 Å². The molecule has 1 aliphatic heterocycles. The highest BCUT2D eigenvalue weighted by atomic mass is 32.2. The third-order valence-electron chi connectivity index (χ3n) is 6.44. The predicted octanol–water partition coefficient (Wildman–Crippen LogP) is 6.12. The van der Waals surface area contributed by atoms with Gasteiger partial charge in [-0.25, -0.2) is 0 Å². The van der Waals surface area contributed by atoms with E-state index in [1.807, 2.05) is 25.1 Å². The molecular weight excluding hydrogens is 499 g/mol. The molecule has 0 fully saturated rings. The molecule has 0 spiro atoms. The molecule has 4 rings (SSSR count). The molecule has 2 unspecified atom stereocenters. The molecule has 196 valence electrons. The van der Waals surface area contributed by atoms with Crippen LogP contribution in [0.25, 0.3) is 0 Å². The number of aromatic nitrogens is 1. The highest BCUT2D eigenvalue weighted by Gasteiger charge is 2.34. The zero-order valence-corrected chi connectivity index (χ0v) is 21.8. The van der Waals surface area contributed by atoms with E-state index in [0.29, 0.717) is 24.5 Å². The molecule has 2 aromatic carbocycles. The van der Waals surface area contributed by atoms with Crippen LogP contribution in [0, 0.1) is 5.92 Å². The van der Waals surface area contributed by atoms with Crippen LogP contribution in [0.2, 0.25) is 0 Å². The largest absolute Gasteiger partial charge is 0.416 e. The van der Waals surface area contributed by atoms with Gasteiger partial charge in [0.15, 0.2) is 0 Å². The van der Waals surface area contributed by atoms with Crippen LogP contribution in [0.4, 0.5) is 18.9 Å². The van der Waals surface area contributed by atoms with Crippen molar-refractivity contribution in [2.24, 2.45) is 5.92 Å². The molecule has 0 aliphatic carbocycles. The molecule has 1 N–H and O–H groups in total. The van der Waals surface area contributed by atoms with Gasteiger partial charge in [-0.1, -0.05) is 45.0 Å². The van der Waals surface area contributed by atoms with Gasteiger partial charge in [-0.3, -0.25) is 18.9 Å². The highest BCUT2D eigenvalue weighted by Crippen LogP contribution is 2.39. The zero-order valence-electron chi connectivity index (χ0n) is 21.0. The number of hydrogen-bond donors (Lipinski definition) is 1. The monoisotopic (exact) mass is 529 g/mol. The van der Waals surface area contributed by atoms with E-state index >= 15 is 0 Å². The molecule has 0 bridgehead atoms. The first-order chi connectivity index (χ1) is 17.5. The second kappa shape index (κ2) is 11.1. The molecule has 1 amide bonds. The van der Waals surface area contributed by atoms with Gasteiger partial charge in [-0.05, 0) is 52.9 Å². The summed E-state index contributed by atoms with van der Waals surface area (Å²) in [4.78, 5) is 20.3. The Morgan fingerprint density at radius 3 is 2.35 bits per heavy atom. The van der Waals surface area contributed by atoms with Crippen molar-refractivity contribution < 1.29 is 22.2 Å². The van der Waals surface area contributed by atoms with Gasteiger partial charge < -0.3 is 5.32 Å². The van der Waals surface area contributed by atoms with E-state index in [-0.39, 0.29) is 24.3 Å². The lowest BCUT2D eigenvalue weighted by Gasteiger charge is -2.27. The summed E-state index contributed by atoms with van der Waals surface area (Å²) < 4.78 is 50.7. The highest BCUT2D eigenvalue weighted by molar-refractivity contribution is 7.85. The Labute approximate surface area is 217 Å². The van der Waals surface area contributed by atoms with Crippen LogP contribution in [0.5, 0.6) is 0 Å². The van der Waals surface area contributed by atoms with Gasteiger partial charge in [0.25, 0.3) is 0 Å². The number of carbonyl (C=O) groups is 1. The Morgan fingerprint density at radius 1 is 1.11 bits per heavy atom. The molecule has 0 radical (unpaired) electrons. The van der Waals surface area contributed by atoms with E-state index in [1.165, 1.54) is 12.1 Å². The Morgan fingerprint density at radius 2 is 1.76 bits per heavy atom. The molecule has 37 heavy (non-hydrogen) atoms. The van der Waals surface area contributed by atoms with Gasteiger partial charge in [-0.15, -0.1) is 0 Å². The summed E-state index contributed by atoms with van der Waals surface area (Å²) in [7, 11) is -1.03. The minimum absolute atomic E-state index is 0.0224. The maximum absolute atomic E-state index is 12.9. The summed E-state index contributed by atoms with van der Waals surface area (Å²) in [5.74, 6) is 0.615. The average molecular weight is 530 g/mol. The Kier molecular flexibility index (Phi) is 8.14. The summed E-state index contributed by atoms with van der Waals surface area (Å²) in [6.07, 6.45) is -2.52. The van der Waals surface area contributed by atoms with Crippen molar-refractivity contribution in [3.05, 3.63) is 88.7 Å². The number of pyridine rings is 1. The minimum atomic E-state index is -4.35. The van der Waals surface area contributed by atoms with E-state index in [4.69, 9.17) is 0 Å². The summed E-state index contributed by atoms with van der Waals surface area (Å²) >= 11 is 0. The quantitative estimate of drug-likeness (QED) is 0.382. The number of hydrogen-bond acceptors (Lipinski definition) is 4. The number of amides is 1. The normalized spacial score (nSPS) is 16.6. The van der Waals surface area contributed by atoms with E-state index in [2.05, 4.69) is 29.0 Å². The first-order valence-electron chi connectivity index (χ1n) is 12.2. The van der Waals surface area contributed by atoms with Crippen molar-refractivity contribution in [3.8, 4) is 0 Å². The number of nitrogens with zero attached hydrogens (tertiary/aromatic N) is 2. The van der Waals surface area contributed by atoms with Crippen LogP contribution in [-0.2, 0) is 41.3 Å². The molecule has 0 saturated heterocycles. The van der Waals surface area contributed by atoms with Gasteiger partial charge >= 0.3 is 6.18 Å². The summed E-state index contributed by atoms with van der Waals surface area (Å²) in [5, 5.41) is 2.91. The molecule has 9 heteroatoms. The van der Waals surface area contributed by atoms with Crippen molar-refractivity contribution in [3.63, 3.8) is 0 Å². The first-order valence-corrected chi connectivity index (χ1v) is 13.5. The number of alkyl halides is 3. The molecule has 3 aromatic rings. The standard InChI is InChI=1S/C28H30F3N3O2S/c1-4-37(36)24-11-7-19(8-12-24)13-25(35)33-23-14-21-17-34(27(18(2)3)26(21)32-15-23)16-20-5-9-22(10-6-20)28(29,30)31/h5-12,14-15,18,27H,4,13,16-17H2,1-3H3,(H,33,35). The molecule has 2 heterocycles. The van der Waals surface area contributed by atoms with Crippen molar-refractivity contribution in [2.45, 2.75) is 57.4 Å². The third kappa shape index (κ3) is 6.45. The second-order valence-electron chi connectivity index (χ2n) is 9.56. The topological polar surface area (TPSA) is 62.3 Å². The van der Waals surface area contributed by atoms with E-state index in [1.54, 1.807) is 18.3 Å². The molecule has 1 aromatic heterocycles. The van der Waals surface area contributed by atoms with Crippen molar-refractivity contribution in [1.82, 2.24) is 9.88 Å². The Hall–Kier alpha value is -3.04.